The second kappa shape index (κ2) is 6.54. The Bertz CT molecular complexity index is 818. The highest BCUT2D eigenvalue weighted by Crippen LogP contribution is 2.25. The fourth-order valence-corrected chi connectivity index (χ4v) is 2.96. The molecule has 0 saturated heterocycles. The summed E-state index contributed by atoms with van der Waals surface area (Å²) >= 11 is 1.64. The number of aromatic nitrogens is 2. The van der Waals surface area contributed by atoms with E-state index in [0.717, 1.165) is 27.7 Å². The summed E-state index contributed by atoms with van der Waals surface area (Å²) in [7, 11) is 0. The van der Waals surface area contributed by atoms with Gasteiger partial charge in [-0.15, -0.1) is 0 Å². The number of rotatable bonds is 5. The van der Waals surface area contributed by atoms with Crippen LogP contribution in [0.5, 0.6) is 5.75 Å². The summed E-state index contributed by atoms with van der Waals surface area (Å²) in [5.74, 6) is 1.66. The average Bonchev–Trinajstić information content (AvgIpc) is 2.96. The first-order valence-electron chi connectivity index (χ1n) is 7.03. The smallest absolute Gasteiger partial charge is 0.166 e. The Labute approximate surface area is 133 Å². The molecule has 3 aromatic rings. The third-order valence-corrected chi connectivity index (χ3v) is 4.15. The molecule has 0 spiro atoms. The van der Waals surface area contributed by atoms with Crippen molar-refractivity contribution >= 4 is 22.8 Å². The van der Waals surface area contributed by atoms with E-state index in [9.17, 15) is 0 Å². The topological polar surface area (TPSA) is 61.7 Å². The molecule has 0 aliphatic heterocycles. The first kappa shape index (κ1) is 14.5. The monoisotopic (exact) mass is 309 g/mol. The van der Waals surface area contributed by atoms with Crippen LogP contribution in [0.25, 0.3) is 11.0 Å². The van der Waals surface area contributed by atoms with Crippen molar-refractivity contribution in [1.29, 1.82) is 5.26 Å². The molecule has 0 amide bonds. The molecule has 5 heteroatoms. The Balaban J connectivity index is 1.72. The summed E-state index contributed by atoms with van der Waals surface area (Å²) in [5.41, 5.74) is 3.76. The van der Waals surface area contributed by atoms with Crippen LogP contribution < -0.4 is 4.74 Å². The molecule has 0 radical (unpaired) electrons. The fraction of sp³-hybridized carbons (Fsp3) is 0.176. The van der Waals surface area contributed by atoms with Gasteiger partial charge in [-0.3, -0.25) is 0 Å². The maximum atomic E-state index is 8.80. The molecule has 0 aliphatic carbocycles. The zero-order chi connectivity index (χ0) is 15.4. The van der Waals surface area contributed by atoms with E-state index >= 15 is 0 Å². The van der Waals surface area contributed by atoms with E-state index in [1.54, 1.807) is 11.8 Å². The first-order chi connectivity index (χ1) is 10.8. The first-order valence-corrected chi connectivity index (χ1v) is 8.01. The van der Waals surface area contributed by atoms with Crippen molar-refractivity contribution in [2.24, 2.45) is 0 Å². The van der Waals surface area contributed by atoms with Crippen LogP contribution in [-0.4, -0.2) is 16.6 Å². The van der Waals surface area contributed by atoms with Gasteiger partial charge in [-0.2, -0.15) is 5.26 Å². The van der Waals surface area contributed by atoms with Crippen molar-refractivity contribution in [3.63, 3.8) is 0 Å². The number of benzene rings is 2. The Morgan fingerprint density at radius 3 is 2.77 bits per heavy atom. The molecule has 110 valence electrons. The molecule has 22 heavy (non-hydrogen) atoms. The van der Waals surface area contributed by atoms with Crippen molar-refractivity contribution < 1.29 is 4.74 Å². The molecule has 0 bridgehead atoms. The molecule has 0 saturated carbocycles. The summed E-state index contributed by atoms with van der Waals surface area (Å²) in [6, 6.07) is 15.6. The highest BCUT2D eigenvalue weighted by molar-refractivity contribution is 7.98. The lowest BCUT2D eigenvalue weighted by Gasteiger charge is -2.00. The van der Waals surface area contributed by atoms with Crippen molar-refractivity contribution in [2.45, 2.75) is 17.8 Å². The molecule has 0 fully saturated rings. The molecule has 1 aromatic heterocycles. The van der Waals surface area contributed by atoms with Gasteiger partial charge in [0.1, 0.15) is 5.75 Å². The Morgan fingerprint density at radius 2 is 2.05 bits per heavy atom. The molecule has 3 rings (SSSR count). The molecule has 0 atom stereocenters. The predicted molar refractivity (Wildman–Crippen MR) is 88.0 cm³/mol. The number of thioether (sulfide) groups is 1. The number of nitriles is 1. The van der Waals surface area contributed by atoms with Gasteiger partial charge in [0.2, 0.25) is 0 Å². The van der Waals surface area contributed by atoms with Gasteiger partial charge in [0.25, 0.3) is 0 Å². The fourth-order valence-electron chi connectivity index (χ4n) is 2.12. The van der Waals surface area contributed by atoms with Gasteiger partial charge in [0, 0.05) is 11.8 Å². The second-order valence-electron chi connectivity index (χ2n) is 4.75. The quantitative estimate of drug-likeness (QED) is 0.720. The van der Waals surface area contributed by atoms with Crippen LogP contribution in [0.15, 0.2) is 47.6 Å². The number of aromatic amines is 1. The van der Waals surface area contributed by atoms with E-state index in [1.165, 1.54) is 5.56 Å². The van der Waals surface area contributed by atoms with Crippen molar-refractivity contribution in [2.75, 3.05) is 6.61 Å². The SMILES string of the molecule is CCOc1ccc2nc(SCc3ccc(C#N)cc3)[nH]c2c1. The number of nitrogens with one attached hydrogen (secondary N) is 1. The number of hydrogen-bond acceptors (Lipinski definition) is 4. The van der Waals surface area contributed by atoms with E-state index in [1.807, 2.05) is 49.4 Å². The number of fused-ring (bicyclic) bond motifs is 1. The molecule has 1 N–H and O–H groups in total. The molecule has 4 nitrogen and oxygen atoms in total. The number of H-pyrrole nitrogens is 1. The van der Waals surface area contributed by atoms with Crippen LogP contribution >= 0.6 is 11.8 Å². The Hall–Kier alpha value is -2.45. The van der Waals surface area contributed by atoms with Crippen LogP contribution in [-0.2, 0) is 5.75 Å². The van der Waals surface area contributed by atoms with Gasteiger partial charge in [-0.05, 0) is 36.8 Å². The molecule has 2 aromatic carbocycles. The minimum Gasteiger partial charge on any atom is -0.494 e. The third kappa shape index (κ3) is 3.23. The summed E-state index contributed by atoms with van der Waals surface area (Å²) in [5, 5.41) is 9.68. The molecular weight excluding hydrogens is 294 g/mol. The average molecular weight is 309 g/mol. The van der Waals surface area contributed by atoms with E-state index in [0.29, 0.717) is 12.2 Å². The van der Waals surface area contributed by atoms with Crippen LogP contribution in [0.4, 0.5) is 0 Å². The second-order valence-corrected chi connectivity index (χ2v) is 5.72. The number of imidazole rings is 1. The van der Waals surface area contributed by atoms with Gasteiger partial charge in [0.05, 0.1) is 29.3 Å². The molecule has 1 heterocycles. The normalized spacial score (nSPS) is 10.5. The maximum absolute atomic E-state index is 8.80. The molecule has 0 aliphatic rings. The van der Waals surface area contributed by atoms with E-state index < -0.39 is 0 Å². The van der Waals surface area contributed by atoms with Gasteiger partial charge >= 0.3 is 0 Å². The summed E-state index contributed by atoms with van der Waals surface area (Å²) < 4.78 is 5.49. The van der Waals surface area contributed by atoms with Gasteiger partial charge in [-0.25, -0.2) is 4.98 Å². The van der Waals surface area contributed by atoms with E-state index in [4.69, 9.17) is 10.00 Å². The zero-order valence-corrected chi connectivity index (χ0v) is 13.0. The minimum atomic E-state index is 0.653. The standard InChI is InChI=1S/C17H15N3OS/c1-2-21-14-7-8-15-16(9-14)20-17(19-15)22-11-13-5-3-12(10-18)4-6-13/h3-9H,2,11H2,1H3,(H,19,20). The third-order valence-electron chi connectivity index (χ3n) is 3.20. The molecular formula is C17H15N3OS. The highest BCUT2D eigenvalue weighted by atomic mass is 32.2. The lowest BCUT2D eigenvalue weighted by molar-refractivity contribution is 0.340. The Kier molecular flexibility index (Phi) is 4.31. The largest absolute Gasteiger partial charge is 0.494 e. The van der Waals surface area contributed by atoms with Crippen LogP contribution in [0.1, 0.15) is 18.1 Å². The number of hydrogen-bond donors (Lipinski definition) is 1. The van der Waals surface area contributed by atoms with Crippen LogP contribution in [0.3, 0.4) is 0 Å². The number of ether oxygens (including phenoxy) is 1. The summed E-state index contributed by atoms with van der Waals surface area (Å²) in [4.78, 5) is 7.87. The molecule has 0 unspecified atom stereocenters. The van der Waals surface area contributed by atoms with E-state index in [2.05, 4.69) is 16.0 Å². The van der Waals surface area contributed by atoms with Crippen molar-refractivity contribution in [1.82, 2.24) is 9.97 Å². The predicted octanol–water partition coefficient (Wildman–Crippen LogP) is 4.13. The maximum Gasteiger partial charge on any atom is 0.166 e. The lowest BCUT2D eigenvalue weighted by atomic mass is 10.2. The van der Waals surface area contributed by atoms with Gasteiger partial charge < -0.3 is 9.72 Å². The number of nitrogens with zero attached hydrogens (tertiary/aromatic N) is 2. The van der Waals surface area contributed by atoms with Gasteiger partial charge in [0.15, 0.2) is 5.16 Å². The van der Waals surface area contributed by atoms with Crippen molar-refractivity contribution in [3.05, 3.63) is 53.6 Å². The van der Waals surface area contributed by atoms with E-state index in [-0.39, 0.29) is 0 Å². The highest BCUT2D eigenvalue weighted by Gasteiger charge is 2.05. The summed E-state index contributed by atoms with van der Waals surface area (Å²) in [6.07, 6.45) is 0. The summed E-state index contributed by atoms with van der Waals surface area (Å²) in [6.45, 7) is 2.62. The Morgan fingerprint density at radius 1 is 1.23 bits per heavy atom. The minimum absolute atomic E-state index is 0.653. The van der Waals surface area contributed by atoms with Crippen molar-refractivity contribution in [3.8, 4) is 11.8 Å². The van der Waals surface area contributed by atoms with Crippen LogP contribution in [0.2, 0.25) is 0 Å². The van der Waals surface area contributed by atoms with Crippen LogP contribution in [0, 0.1) is 11.3 Å². The lowest BCUT2D eigenvalue weighted by Crippen LogP contribution is -1.90. The van der Waals surface area contributed by atoms with Gasteiger partial charge in [-0.1, -0.05) is 23.9 Å². The zero-order valence-electron chi connectivity index (χ0n) is 12.2.